The highest BCUT2D eigenvalue weighted by molar-refractivity contribution is 5.20. The van der Waals surface area contributed by atoms with Crippen molar-refractivity contribution in [2.24, 2.45) is 5.92 Å². The molecule has 0 radical (unpaired) electrons. The summed E-state index contributed by atoms with van der Waals surface area (Å²) in [7, 11) is 0. The first-order valence-electron chi connectivity index (χ1n) is 5.68. The van der Waals surface area contributed by atoms with Gasteiger partial charge in [0.25, 0.3) is 0 Å². The molecule has 0 amide bonds. The SMILES string of the molecule is CCCCC=CC1=CCC(C)CC1. The number of hydrogen-bond acceptors (Lipinski definition) is 0. The average molecular weight is 178 g/mol. The largest absolute Gasteiger partial charge is 0.0843 e. The van der Waals surface area contributed by atoms with Crippen molar-refractivity contribution in [3.63, 3.8) is 0 Å². The molecule has 1 aliphatic carbocycles. The van der Waals surface area contributed by atoms with E-state index < -0.39 is 0 Å². The molecule has 0 saturated heterocycles. The van der Waals surface area contributed by atoms with Crippen LogP contribution in [-0.4, -0.2) is 0 Å². The van der Waals surface area contributed by atoms with Crippen molar-refractivity contribution in [2.45, 2.75) is 52.4 Å². The second-order valence-electron chi connectivity index (χ2n) is 4.20. The molecule has 0 heteroatoms. The lowest BCUT2D eigenvalue weighted by molar-refractivity contribution is 0.518. The molecule has 1 aliphatic rings. The van der Waals surface area contributed by atoms with Crippen molar-refractivity contribution in [2.75, 3.05) is 0 Å². The number of allylic oxidation sites excluding steroid dienone is 4. The minimum Gasteiger partial charge on any atom is -0.0843 e. The molecule has 0 saturated carbocycles. The van der Waals surface area contributed by atoms with Crippen LogP contribution >= 0.6 is 0 Å². The van der Waals surface area contributed by atoms with E-state index in [0.717, 1.165) is 5.92 Å². The van der Waals surface area contributed by atoms with E-state index in [2.05, 4.69) is 32.1 Å². The second kappa shape index (κ2) is 6.01. The van der Waals surface area contributed by atoms with Crippen LogP contribution in [0.15, 0.2) is 23.8 Å². The molecule has 1 rings (SSSR count). The van der Waals surface area contributed by atoms with Crippen LogP contribution in [0.3, 0.4) is 0 Å². The zero-order valence-corrected chi connectivity index (χ0v) is 9.05. The van der Waals surface area contributed by atoms with Gasteiger partial charge in [0.05, 0.1) is 0 Å². The minimum absolute atomic E-state index is 0.910. The quantitative estimate of drug-likeness (QED) is 0.557. The molecule has 13 heavy (non-hydrogen) atoms. The third kappa shape index (κ3) is 4.31. The molecule has 0 bridgehead atoms. The first kappa shape index (κ1) is 10.6. The predicted octanol–water partition coefficient (Wildman–Crippen LogP) is 4.48. The van der Waals surface area contributed by atoms with Gasteiger partial charge in [0.2, 0.25) is 0 Å². The van der Waals surface area contributed by atoms with Gasteiger partial charge in [0.15, 0.2) is 0 Å². The molecule has 0 aromatic rings. The first-order chi connectivity index (χ1) is 6.33. The minimum atomic E-state index is 0.910. The fraction of sp³-hybridized carbons (Fsp3) is 0.692. The molecule has 0 aromatic heterocycles. The summed E-state index contributed by atoms with van der Waals surface area (Å²) in [5, 5.41) is 0. The van der Waals surface area contributed by atoms with Crippen molar-refractivity contribution in [3.05, 3.63) is 23.8 Å². The summed E-state index contributed by atoms with van der Waals surface area (Å²) < 4.78 is 0. The Morgan fingerprint density at radius 1 is 1.54 bits per heavy atom. The highest BCUT2D eigenvalue weighted by Crippen LogP contribution is 2.23. The molecule has 0 spiro atoms. The molecule has 0 nitrogen and oxygen atoms in total. The molecule has 0 aromatic carbocycles. The summed E-state index contributed by atoms with van der Waals surface area (Å²) in [6.45, 7) is 4.59. The Bertz CT molecular complexity index is 186. The van der Waals surface area contributed by atoms with Gasteiger partial charge in [-0.1, -0.05) is 50.5 Å². The van der Waals surface area contributed by atoms with Gasteiger partial charge in [-0.2, -0.15) is 0 Å². The molecular weight excluding hydrogens is 156 g/mol. The maximum Gasteiger partial charge on any atom is -0.0279 e. The standard InChI is InChI=1S/C13H22/c1-3-4-5-6-7-13-10-8-12(2)9-11-13/h6-7,10,12H,3-5,8-9,11H2,1-2H3. The van der Waals surface area contributed by atoms with Gasteiger partial charge in [-0.15, -0.1) is 0 Å². The Kier molecular flexibility index (Phi) is 4.88. The zero-order chi connectivity index (χ0) is 9.52. The van der Waals surface area contributed by atoms with Gasteiger partial charge in [-0.3, -0.25) is 0 Å². The van der Waals surface area contributed by atoms with Crippen LogP contribution in [0.25, 0.3) is 0 Å². The van der Waals surface area contributed by atoms with Crippen LogP contribution in [0.5, 0.6) is 0 Å². The fourth-order valence-corrected chi connectivity index (χ4v) is 1.69. The van der Waals surface area contributed by atoms with Crippen LogP contribution in [0, 0.1) is 5.92 Å². The van der Waals surface area contributed by atoms with Gasteiger partial charge in [0.1, 0.15) is 0 Å². The maximum absolute atomic E-state index is 2.41. The Morgan fingerprint density at radius 3 is 3.00 bits per heavy atom. The van der Waals surface area contributed by atoms with E-state index >= 15 is 0 Å². The van der Waals surface area contributed by atoms with Crippen molar-refractivity contribution in [1.82, 2.24) is 0 Å². The zero-order valence-electron chi connectivity index (χ0n) is 9.05. The summed E-state index contributed by atoms with van der Waals surface area (Å²) in [4.78, 5) is 0. The highest BCUT2D eigenvalue weighted by atomic mass is 14.1. The average Bonchev–Trinajstić information content (AvgIpc) is 2.15. The van der Waals surface area contributed by atoms with Crippen LogP contribution < -0.4 is 0 Å². The van der Waals surface area contributed by atoms with E-state index in [1.807, 2.05) is 0 Å². The van der Waals surface area contributed by atoms with Crippen molar-refractivity contribution in [3.8, 4) is 0 Å². The third-order valence-electron chi connectivity index (χ3n) is 2.76. The molecular formula is C13H22. The molecule has 0 heterocycles. The van der Waals surface area contributed by atoms with Crippen LogP contribution in [-0.2, 0) is 0 Å². The number of unbranched alkanes of at least 4 members (excludes halogenated alkanes) is 2. The summed E-state index contributed by atoms with van der Waals surface area (Å²) >= 11 is 0. The molecule has 1 atom stereocenters. The second-order valence-corrected chi connectivity index (χ2v) is 4.20. The Morgan fingerprint density at radius 2 is 2.38 bits per heavy atom. The van der Waals surface area contributed by atoms with Crippen LogP contribution in [0.1, 0.15) is 52.4 Å². The number of hydrogen-bond donors (Lipinski definition) is 0. The summed E-state index contributed by atoms with van der Waals surface area (Å²) in [6, 6.07) is 0. The maximum atomic E-state index is 2.41. The predicted molar refractivity (Wildman–Crippen MR) is 59.8 cm³/mol. The van der Waals surface area contributed by atoms with E-state index in [1.165, 1.54) is 38.5 Å². The molecule has 74 valence electrons. The summed E-state index contributed by atoms with van der Waals surface area (Å²) in [6.07, 6.45) is 14.9. The van der Waals surface area contributed by atoms with Gasteiger partial charge in [-0.05, 0) is 31.6 Å². The van der Waals surface area contributed by atoms with Crippen LogP contribution in [0.4, 0.5) is 0 Å². The molecule has 0 aliphatic heterocycles. The van der Waals surface area contributed by atoms with Crippen LogP contribution in [0.2, 0.25) is 0 Å². The number of rotatable bonds is 4. The van der Waals surface area contributed by atoms with E-state index in [9.17, 15) is 0 Å². The first-order valence-corrected chi connectivity index (χ1v) is 5.68. The van der Waals surface area contributed by atoms with E-state index in [4.69, 9.17) is 0 Å². The Labute approximate surface area is 82.7 Å². The van der Waals surface area contributed by atoms with Crippen molar-refractivity contribution < 1.29 is 0 Å². The Hall–Kier alpha value is -0.520. The van der Waals surface area contributed by atoms with E-state index in [0.29, 0.717) is 0 Å². The lowest BCUT2D eigenvalue weighted by Crippen LogP contribution is -1.99. The smallest absolute Gasteiger partial charge is 0.0279 e. The summed E-state index contributed by atoms with van der Waals surface area (Å²) in [5.41, 5.74) is 1.56. The van der Waals surface area contributed by atoms with E-state index in [1.54, 1.807) is 5.57 Å². The normalized spacial score (nSPS) is 23.5. The van der Waals surface area contributed by atoms with Gasteiger partial charge in [0, 0.05) is 0 Å². The van der Waals surface area contributed by atoms with Crippen molar-refractivity contribution in [1.29, 1.82) is 0 Å². The monoisotopic (exact) mass is 178 g/mol. The van der Waals surface area contributed by atoms with Gasteiger partial charge < -0.3 is 0 Å². The lowest BCUT2D eigenvalue weighted by atomic mass is 9.91. The van der Waals surface area contributed by atoms with E-state index in [-0.39, 0.29) is 0 Å². The highest BCUT2D eigenvalue weighted by Gasteiger charge is 2.06. The molecule has 1 unspecified atom stereocenters. The topological polar surface area (TPSA) is 0 Å². The van der Waals surface area contributed by atoms with Crippen molar-refractivity contribution >= 4 is 0 Å². The fourth-order valence-electron chi connectivity index (χ4n) is 1.69. The Balaban J connectivity index is 2.24. The molecule has 0 N–H and O–H groups in total. The lowest BCUT2D eigenvalue weighted by Gasteiger charge is -2.15. The van der Waals surface area contributed by atoms with Gasteiger partial charge in [-0.25, -0.2) is 0 Å². The molecule has 0 fully saturated rings. The summed E-state index contributed by atoms with van der Waals surface area (Å²) in [5.74, 6) is 0.910. The van der Waals surface area contributed by atoms with Gasteiger partial charge >= 0.3 is 0 Å². The third-order valence-corrected chi connectivity index (χ3v) is 2.76.